The molecule has 5 heteroatoms. The summed E-state index contributed by atoms with van der Waals surface area (Å²) in [5, 5.41) is 0. The number of hydrogen-bond acceptors (Lipinski definition) is 4. The maximum Gasteiger partial charge on any atom is 0.238 e. The Bertz CT molecular complexity index is 592. The van der Waals surface area contributed by atoms with E-state index >= 15 is 0 Å². The van der Waals surface area contributed by atoms with Crippen LogP contribution in [0.25, 0.3) is 0 Å². The fourth-order valence-electron chi connectivity index (χ4n) is 2.83. The van der Waals surface area contributed by atoms with Gasteiger partial charge in [0.1, 0.15) is 11.6 Å². The van der Waals surface area contributed by atoms with Gasteiger partial charge in [-0.25, -0.2) is 0 Å². The minimum Gasteiger partial charge on any atom is -0.299 e. The fraction of sp³-hybridized carbons (Fsp3) is 0.412. The molecular formula is C17H19NO4. The summed E-state index contributed by atoms with van der Waals surface area (Å²) in [5.41, 5.74) is 0.478. The van der Waals surface area contributed by atoms with Crippen molar-refractivity contribution in [2.45, 2.75) is 33.1 Å². The standard InChI is InChI=1S/C17H19NO4/c1-3-13(19)16(14(20)4-2)12-10-15(21)18(17(12)22)11-8-6-5-7-9-11/h5-9,12,16H,3-4,10H2,1-2H3. The average Bonchev–Trinajstić information content (AvgIpc) is 2.82. The van der Waals surface area contributed by atoms with Gasteiger partial charge in [0.25, 0.3) is 0 Å². The van der Waals surface area contributed by atoms with Crippen molar-refractivity contribution in [3.05, 3.63) is 30.3 Å². The minimum atomic E-state index is -1.000. The molecule has 1 saturated heterocycles. The highest BCUT2D eigenvalue weighted by Crippen LogP contribution is 2.32. The van der Waals surface area contributed by atoms with Crippen LogP contribution in [0, 0.1) is 11.8 Å². The summed E-state index contributed by atoms with van der Waals surface area (Å²) in [7, 11) is 0. The fourth-order valence-corrected chi connectivity index (χ4v) is 2.83. The van der Waals surface area contributed by atoms with Crippen LogP contribution in [0.4, 0.5) is 5.69 Å². The van der Waals surface area contributed by atoms with Crippen LogP contribution >= 0.6 is 0 Å². The summed E-state index contributed by atoms with van der Waals surface area (Å²) in [6, 6.07) is 8.58. The van der Waals surface area contributed by atoms with Gasteiger partial charge >= 0.3 is 0 Å². The number of rotatable bonds is 6. The zero-order valence-electron chi connectivity index (χ0n) is 12.7. The predicted molar refractivity (Wildman–Crippen MR) is 81.1 cm³/mol. The molecule has 0 aromatic heterocycles. The van der Waals surface area contributed by atoms with E-state index in [0.717, 1.165) is 4.90 Å². The summed E-state index contributed by atoms with van der Waals surface area (Å²) >= 11 is 0. The number of para-hydroxylation sites is 1. The van der Waals surface area contributed by atoms with Crippen molar-refractivity contribution in [1.82, 2.24) is 0 Å². The van der Waals surface area contributed by atoms with Crippen LogP contribution in [0.2, 0.25) is 0 Å². The number of ketones is 2. The van der Waals surface area contributed by atoms with Crippen molar-refractivity contribution in [2.75, 3.05) is 4.90 Å². The number of imide groups is 1. The maximum atomic E-state index is 12.6. The van der Waals surface area contributed by atoms with Gasteiger partial charge in [-0.1, -0.05) is 32.0 Å². The summed E-state index contributed by atoms with van der Waals surface area (Å²) in [6.45, 7) is 3.32. The predicted octanol–water partition coefficient (Wildman–Crippen LogP) is 2.14. The van der Waals surface area contributed by atoms with Crippen molar-refractivity contribution in [1.29, 1.82) is 0 Å². The highest BCUT2D eigenvalue weighted by atomic mass is 16.2. The molecule has 1 aliphatic heterocycles. The van der Waals surface area contributed by atoms with E-state index in [0.29, 0.717) is 5.69 Å². The molecule has 1 heterocycles. The third kappa shape index (κ3) is 2.84. The van der Waals surface area contributed by atoms with Gasteiger partial charge < -0.3 is 0 Å². The van der Waals surface area contributed by atoms with Crippen LogP contribution in [0.15, 0.2) is 30.3 Å². The maximum absolute atomic E-state index is 12.6. The molecule has 2 amide bonds. The summed E-state index contributed by atoms with van der Waals surface area (Å²) < 4.78 is 0. The Morgan fingerprint density at radius 2 is 1.64 bits per heavy atom. The van der Waals surface area contributed by atoms with Crippen LogP contribution in [-0.2, 0) is 19.2 Å². The highest BCUT2D eigenvalue weighted by molar-refractivity contribution is 6.23. The van der Waals surface area contributed by atoms with E-state index in [9.17, 15) is 19.2 Å². The second-order valence-electron chi connectivity index (χ2n) is 5.33. The minimum absolute atomic E-state index is 0.0874. The van der Waals surface area contributed by atoms with Crippen molar-refractivity contribution in [3.63, 3.8) is 0 Å². The Labute approximate surface area is 129 Å². The van der Waals surface area contributed by atoms with Gasteiger partial charge in [-0.3, -0.25) is 24.1 Å². The first-order valence-electron chi connectivity index (χ1n) is 7.48. The second kappa shape index (κ2) is 6.64. The van der Waals surface area contributed by atoms with Gasteiger partial charge in [0, 0.05) is 19.3 Å². The van der Waals surface area contributed by atoms with Crippen molar-refractivity contribution in [3.8, 4) is 0 Å². The van der Waals surface area contributed by atoms with Gasteiger partial charge in [0.2, 0.25) is 11.8 Å². The largest absolute Gasteiger partial charge is 0.299 e. The number of carbonyl (C=O) groups excluding carboxylic acids is 4. The first kappa shape index (κ1) is 16.1. The molecule has 1 unspecified atom stereocenters. The Morgan fingerprint density at radius 1 is 1.09 bits per heavy atom. The molecule has 1 aromatic rings. The van der Waals surface area contributed by atoms with Crippen molar-refractivity contribution in [2.24, 2.45) is 11.8 Å². The summed E-state index contributed by atoms with van der Waals surface area (Å²) in [4.78, 5) is 50.1. The number of benzene rings is 1. The molecule has 1 atom stereocenters. The zero-order valence-corrected chi connectivity index (χ0v) is 12.7. The molecular weight excluding hydrogens is 282 g/mol. The molecule has 22 heavy (non-hydrogen) atoms. The number of Topliss-reactive ketones (excluding diaryl/α,β-unsaturated/α-hetero) is 2. The SMILES string of the molecule is CCC(=O)C(C(=O)CC)C1CC(=O)N(c2ccccc2)C1=O. The second-order valence-corrected chi connectivity index (χ2v) is 5.33. The summed E-state index contributed by atoms with van der Waals surface area (Å²) in [6.07, 6.45) is 0.273. The van der Waals surface area contributed by atoms with E-state index in [1.165, 1.54) is 0 Å². The third-order valence-corrected chi connectivity index (χ3v) is 3.99. The quantitative estimate of drug-likeness (QED) is 0.596. The van der Waals surface area contributed by atoms with E-state index in [2.05, 4.69) is 0 Å². The topological polar surface area (TPSA) is 71.5 Å². The zero-order chi connectivity index (χ0) is 16.3. The number of hydrogen-bond donors (Lipinski definition) is 0. The number of anilines is 1. The van der Waals surface area contributed by atoms with Gasteiger partial charge in [0.05, 0.1) is 17.5 Å². The lowest BCUT2D eigenvalue weighted by Crippen LogP contribution is -2.37. The van der Waals surface area contributed by atoms with Crippen LogP contribution in [0.1, 0.15) is 33.1 Å². The Hall–Kier alpha value is -2.30. The van der Waals surface area contributed by atoms with Crippen LogP contribution in [-0.4, -0.2) is 23.4 Å². The van der Waals surface area contributed by atoms with Gasteiger partial charge in [-0.2, -0.15) is 0 Å². The average molecular weight is 301 g/mol. The molecule has 0 radical (unpaired) electrons. The lowest BCUT2D eigenvalue weighted by Gasteiger charge is -2.19. The van der Waals surface area contributed by atoms with Crippen molar-refractivity contribution >= 4 is 29.1 Å². The Kier molecular flexibility index (Phi) is 4.85. The smallest absolute Gasteiger partial charge is 0.238 e. The third-order valence-electron chi connectivity index (χ3n) is 3.99. The van der Waals surface area contributed by atoms with E-state index in [1.54, 1.807) is 44.2 Å². The molecule has 116 valence electrons. The van der Waals surface area contributed by atoms with Gasteiger partial charge in [0.15, 0.2) is 0 Å². The molecule has 1 fully saturated rings. The van der Waals surface area contributed by atoms with Crippen LogP contribution in [0.3, 0.4) is 0 Å². The van der Waals surface area contributed by atoms with Crippen molar-refractivity contribution < 1.29 is 19.2 Å². The number of amides is 2. The summed E-state index contributed by atoms with van der Waals surface area (Å²) in [5.74, 6) is -3.22. The van der Waals surface area contributed by atoms with E-state index in [1.807, 2.05) is 0 Å². The molecule has 1 aliphatic rings. The van der Waals surface area contributed by atoms with E-state index < -0.39 is 17.7 Å². The first-order chi connectivity index (χ1) is 10.5. The Balaban J connectivity index is 2.34. The van der Waals surface area contributed by atoms with Crippen LogP contribution in [0.5, 0.6) is 0 Å². The molecule has 1 aromatic carbocycles. The van der Waals surface area contributed by atoms with Gasteiger partial charge in [-0.15, -0.1) is 0 Å². The molecule has 0 bridgehead atoms. The number of nitrogens with zero attached hydrogens (tertiary/aromatic N) is 1. The monoisotopic (exact) mass is 301 g/mol. The lowest BCUT2D eigenvalue weighted by molar-refractivity contribution is -0.139. The molecule has 0 N–H and O–H groups in total. The lowest BCUT2D eigenvalue weighted by atomic mass is 9.82. The van der Waals surface area contributed by atoms with Gasteiger partial charge in [-0.05, 0) is 12.1 Å². The molecule has 2 rings (SSSR count). The highest BCUT2D eigenvalue weighted by Gasteiger charge is 2.47. The molecule has 0 aliphatic carbocycles. The normalized spacial score (nSPS) is 18.1. The first-order valence-corrected chi connectivity index (χ1v) is 7.48. The molecule has 0 saturated carbocycles. The van der Waals surface area contributed by atoms with E-state index in [-0.39, 0.29) is 36.7 Å². The molecule has 5 nitrogen and oxygen atoms in total. The Morgan fingerprint density at radius 3 is 2.14 bits per heavy atom. The van der Waals surface area contributed by atoms with E-state index in [4.69, 9.17) is 0 Å². The number of carbonyl (C=O) groups is 4. The molecule has 0 spiro atoms. The van der Waals surface area contributed by atoms with Crippen LogP contribution < -0.4 is 4.90 Å².